The number of hydrogen-bond acceptors (Lipinski definition) is 2. The van der Waals surface area contributed by atoms with E-state index in [-0.39, 0.29) is 5.69 Å². The molecule has 0 atom stereocenters. The average Bonchev–Trinajstić information content (AvgIpc) is 2.18. The summed E-state index contributed by atoms with van der Waals surface area (Å²) in [4.78, 5) is 0. The van der Waals surface area contributed by atoms with E-state index in [2.05, 4.69) is 17.2 Å². The van der Waals surface area contributed by atoms with Crippen LogP contribution in [0.1, 0.15) is 12.0 Å². The number of nitrogens with two attached hydrogens (primary N) is 1. The molecule has 0 aliphatic carbocycles. The molecule has 0 bridgehead atoms. The zero-order valence-corrected chi connectivity index (χ0v) is 8.10. The number of benzene rings is 1. The van der Waals surface area contributed by atoms with E-state index in [9.17, 15) is 4.39 Å². The lowest BCUT2D eigenvalue weighted by Crippen LogP contribution is -2.05. The summed E-state index contributed by atoms with van der Waals surface area (Å²) < 4.78 is 12.9. The van der Waals surface area contributed by atoms with Crippen molar-refractivity contribution in [2.45, 2.75) is 6.42 Å². The molecule has 0 radical (unpaired) electrons. The third-order valence-corrected chi connectivity index (χ3v) is 1.73. The molecule has 0 saturated heterocycles. The lowest BCUT2D eigenvalue weighted by molar-refractivity contribution is 0.632. The Hall–Kier alpha value is -1.53. The van der Waals surface area contributed by atoms with Crippen LogP contribution < -0.4 is 11.1 Å². The van der Waals surface area contributed by atoms with Gasteiger partial charge in [0.05, 0.1) is 5.69 Å². The van der Waals surface area contributed by atoms with Crippen LogP contribution in [0.15, 0.2) is 18.2 Å². The van der Waals surface area contributed by atoms with Crippen molar-refractivity contribution in [1.29, 1.82) is 0 Å². The van der Waals surface area contributed by atoms with Gasteiger partial charge in [-0.2, -0.15) is 0 Å². The van der Waals surface area contributed by atoms with Crippen LogP contribution in [-0.4, -0.2) is 13.6 Å². The Labute approximate surface area is 83.3 Å². The Morgan fingerprint density at radius 2 is 2.29 bits per heavy atom. The van der Waals surface area contributed by atoms with E-state index in [0.29, 0.717) is 5.56 Å². The molecule has 0 amide bonds. The van der Waals surface area contributed by atoms with Gasteiger partial charge >= 0.3 is 0 Å². The van der Waals surface area contributed by atoms with E-state index in [1.165, 1.54) is 12.1 Å². The van der Waals surface area contributed by atoms with Crippen LogP contribution in [0.25, 0.3) is 0 Å². The molecule has 0 aliphatic rings. The zero-order chi connectivity index (χ0) is 10.4. The van der Waals surface area contributed by atoms with Crippen molar-refractivity contribution in [3.63, 3.8) is 0 Å². The van der Waals surface area contributed by atoms with Gasteiger partial charge in [-0.15, -0.1) is 0 Å². The molecule has 1 aromatic rings. The van der Waals surface area contributed by atoms with Gasteiger partial charge in [0, 0.05) is 18.5 Å². The molecule has 0 saturated carbocycles. The first-order valence-corrected chi connectivity index (χ1v) is 4.42. The summed E-state index contributed by atoms with van der Waals surface area (Å²) in [6.07, 6.45) is 0.752. The Bertz CT molecular complexity index is 363. The first-order chi connectivity index (χ1) is 6.74. The zero-order valence-electron chi connectivity index (χ0n) is 8.10. The first-order valence-electron chi connectivity index (χ1n) is 4.42. The molecule has 0 aromatic heterocycles. The number of halogens is 1. The van der Waals surface area contributed by atoms with E-state index in [0.717, 1.165) is 13.0 Å². The third-order valence-electron chi connectivity index (χ3n) is 1.73. The van der Waals surface area contributed by atoms with Gasteiger partial charge in [-0.05, 0) is 25.2 Å². The van der Waals surface area contributed by atoms with Gasteiger partial charge in [0.1, 0.15) is 5.82 Å². The summed E-state index contributed by atoms with van der Waals surface area (Å²) >= 11 is 0. The predicted molar refractivity (Wildman–Crippen MR) is 56.2 cm³/mol. The maximum atomic E-state index is 12.9. The fraction of sp³-hybridized carbons (Fsp3) is 0.273. The van der Waals surface area contributed by atoms with Crippen LogP contribution in [0.4, 0.5) is 10.1 Å². The predicted octanol–water partition coefficient (Wildman–Crippen LogP) is 1.37. The minimum atomic E-state index is -0.412. The topological polar surface area (TPSA) is 38.0 Å². The first kappa shape index (κ1) is 10.6. The molecule has 3 N–H and O–H groups in total. The lowest BCUT2D eigenvalue weighted by atomic mass is 10.2. The number of nitrogen functional groups attached to an aromatic ring is 1. The number of rotatable bonds is 2. The Kier molecular flexibility index (Phi) is 3.96. The molecule has 0 fully saturated rings. The van der Waals surface area contributed by atoms with Gasteiger partial charge in [-0.25, -0.2) is 4.39 Å². The molecule has 74 valence electrons. The minimum absolute atomic E-state index is 0.158. The largest absolute Gasteiger partial charge is 0.396 e. The molecule has 0 heterocycles. The Morgan fingerprint density at radius 3 is 2.93 bits per heavy atom. The second-order valence-electron chi connectivity index (χ2n) is 2.89. The summed E-state index contributed by atoms with van der Waals surface area (Å²) in [7, 11) is 1.87. The van der Waals surface area contributed by atoms with Gasteiger partial charge in [0.2, 0.25) is 0 Å². The van der Waals surface area contributed by atoms with Gasteiger partial charge in [-0.3, -0.25) is 0 Å². The highest BCUT2D eigenvalue weighted by Gasteiger charge is 1.96. The smallest absolute Gasteiger partial charge is 0.147 e. The summed E-state index contributed by atoms with van der Waals surface area (Å²) in [6.45, 7) is 0.838. The molecule has 0 unspecified atom stereocenters. The second kappa shape index (κ2) is 5.25. The summed E-state index contributed by atoms with van der Waals surface area (Å²) in [5.74, 6) is 5.38. The number of anilines is 1. The van der Waals surface area contributed by atoms with Crippen molar-refractivity contribution in [3.8, 4) is 11.8 Å². The fourth-order valence-corrected chi connectivity index (χ4v) is 0.957. The van der Waals surface area contributed by atoms with Gasteiger partial charge in [0.25, 0.3) is 0 Å². The monoisotopic (exact) mass is 192 g/mol. The van der Waals surface area contributed by atoms with Crippen molar-refractivity contribution >= 4 is 5.69 Å². The normalized spacial score (nSPS) is 9.29. The summed E-state index contributed by atoms with van der Waals surface area (Å²) in [5, 5.41) is 2.98. The van der Waals surface area contributed by atoms with E-state index in [4.69, 9.17) is 5.73 Å². The second-order valence-corrected chi connectivity index (χ2v) is 2.89. The van der Waals surface area contributed by atoms with E-state index >= 15 is 0 Å². The molecule has 0 spiro atoms. The SMILES string of the molecule is CNCCC#Cc1ccc(N)c(F)c1. The summed E-state index contributed by atoms with van der Waals surface area (Å²) in [5.41, 5.74) is 6.15. The Balaban J connectivity index is 2.66. The quantitative estimate of drug-likeness (QED) is 0.422. The molecular weight excluding hydrogens is 179 g/mol. The van der Waals surface area contributed by atoms with Crippen LogP contribution in [0.3, 0.4) is 0 Å². The third kappa shape index (κ3) is 3.08. The highest BCUT2D eigenvalue weighted by molar-refractivity contribution is 5.46. The minimum Gasteiger partial charge on any atom is -0.396 e. The molecule has 2 nitrogen and oxygen atoms in total. The van der Waals surface area contributed by atoms with E-state index in [1.807, 2.05) is 7.05 Å². The number of hydrogen-bond donors (Lipinski definition) is 2. The standard InChI is InChI=1S/C11H13FN2/c1-14-7-3-2-4-9-5-6-11(13)10(12)8-9/h5-6,8,14H,3,7,13H2,1H3. The average molecular weight is 192 g/mol. The Morgan fingerprint density at radius 1 is 1.50 bits per heavy atom. The van der Waals surface area contributed by atoms with Gasteiger partial charge in [0.15, 0.2) is 0 Å². The van der Waals surface area contributed by atoms with Gasteiger partial charge in [-0.1, -0.05) is 11.8 Å². The maximum absolute atomic E-state index is 12.9. The van der Waals surface area contributed by atoms with Gasteiger partial charge < -0.3 is 11.1 Å². The highest BCUT2D eigenvalue weighted by atomic mass is 19.1. The molecular formula is C11H13FN2. The molecule has 0 aliphatic heterocycles. The molecule has 14 heavy (non-hydrogen) atoms. The van der Waals surface area contributed by atoms with Crippen molar-refractivity contribution in [1.82, 2.24) is 5.32 Å². The van der Waals surface area contributed by atoms with Crippen molar-refractivity contribution in [2.75, 3.05) is 19.3 Å². The number of nitrogens with one attached hydrogen (secondary N) is 1. The maximum Gasteiger partial charge on any atom is 0.147 e. The summed E-state index contributed by atoms with van der Waals surface area (Å²) in [6, 6.07) is 4.59. The van der Waals surface area contributed by atoms with Crippen LogP contribution in [0.2, 0.25) is 0 Å². The lowest BCUT2D eigenvalue weighted by Gasteiger charge is -1.95. The van der Waals surface area contributed by atoms with Crippen molar-refractivity contribution in [3.05, 3.63) is 29.6 Å². The molecule has 1 rings (SSSR count). The molecule has 3 heteroatoms. The van der Waals surface area contributed by atoms with Crippen molar-refractivity contribution < 1.29 is 4.39 Å². The van der Waals surface area contributed by atoms with E-state index in [1.54, 1.807) is 6.07 Å². The highest BCUT2D eigenvalue weighted by Crippen LogP contribution is 2.10. The van der Waals surface area contributed by atoms with E-state index < -0.39 is 5.82 Å². The van der Waals surface area contributed by atoms with Crippen LogP contribution in [0, 0.1) is 17.7 Å². The van der Waals surface area contributed by atoms with Crippen LogP contribution >= 0.6 is 0 Å². The van der Waals surface area contributed by atoms with Crippen molar-refractivity contribution in [2.24, 2.45) is 0 Å². The molecule has 1 aromatic carbocycles. The van der Waals surface area contributed by atoms with Crippen LogP contribution in [-0.2, 0) is 0 Å². The fourth-order valence-electron chi connectivity index (χ4n) is 0.957. The van der Waals surface area contributed by atoms with Crippen LogP contribution in [0.5, 0.6) is 0 Å².